The highest BCUT2D eigenvalue weighted by Gasteiger charge is 2.28. The highest BCUT2D eigenvalue weighted by Crippen LogP contribution is 2.34. The van der Waals surface area contributed by atoms with Crippen molar-refractivity contribution >= 4 is 39.1 Å². The van der Waals surface area contributed by atoms with Gasteiger partial charge in [0.1, 0.15) is 0 Å². The van der Waals surface area contributed by atoms with Gasteiger partial charge in [0.2, 0.25) is 11.8 Å². The Balaban J connectivity index is 1.67. The monoisotopic (exact) mass is 396 g/mol. The topological polar surface area (TPSA) is 92.3 Å². The fraction of sp³-hybridized carbons (Fsp3) is 0.556. The molecule has 0 aromatic heterocycles. The third-order valence-corrected chi connectivity index (χ3v) is 8.10. The molecule has 2 N–H and O–H groups in total. The zero-order valence-corrected chi connectivity index (χ0v) is 16.4. The van der Waals surface area contributed by atoms with E-state index in [4.69, 9.17) is 0 Å². The number of amides is 2. The minimum Gasteiger partial charge on any atom is -0.353 e. The number of thioether (sulfide) groups is 1. The van der Waals surface area contributed by atoms with Crippen molar-refractivity contribution in [3.8, 4) is 0 Å². The minimum atomic E-state index is -3.65. The number of anilines is 1. The second-order valence-corrected chi connectivity index (χ2v) is 10.3. The lowest BCUT2D eigenvalue weighted by Gasteiger charge is -2.23. The summed E-state index contributed by atoms with van der Waals surface area (Å²) in [6.07, 6.45) is 5.29. The average Bonchev–Trinajstić information content (AvgIpc) is 2.61. The largest absolute Gasteiger partial charge is 0.353 e. The van der Waals surface area contributed by atoms with Crippen LogP contribution in [0.2, 0.25) is 0 Å². The molecule has 0 saturated heterocycles. The lowest BCUT2D eigenvalue weighted by molar-refractivity contribution is -0.122. The van der Waals surface area contributed by atoms with Crippen molar-refractivity contribution in [1.29, 1.82) is 0 Å². The van der Waals surface area contributed by atoms with Gasteiger partial charge in [-0.3, -0.25) is 9.59 Å². The van der Waals surface area contributed by atoms with Crippen LogP contribution in [0.5, 0.6) is 0 Å². The third kappa shape index (κ3) is 4.40. The number of hydrogen-bond donors (Lipinski definition) is 2. The second kappa shape index (κ2) is 8.00. The van der Waals surface area contributed by atoms with Crippen LogP contribution in [0.15, 0.2) is 28.0 Å². The fourth-order valence-corrected chi connectivity index (χ4v) is 5.54. The van der Waals surface area contributed by atoms with Crippen molar-refractivity contribution in [3.63, 3.8) is 0 Å². The lowest BCUT2D eigenvalue weighted by Crippen LogP contribution is -2.38. The van der Waals surface area contributed by atoms with Gasteiger partial charge < -0.3 is 10.6 Å². The second-order valence-electron chi connectivity index (χ2n) is 6.96. The van der Waals surface area contributed by atoms with Crippen molar-refractivity contribution in [2.45, 2.75) is 66.5 Å². The van der Waals surface area contributed by atoms with Crippen LogP contribution in [0, 0.1) is 0 Å². The smallest absolute Gasteiger partial charge is 0.234 e. The molecule has 1 aliphatic carbocycles. The molecule has 142 valence electrons. The number of rotatable bonds is 5. The van der Waals surface area contributed by atoms with Crippen LogP contribution in [-0.4, -0.2) is 37.3 Å². The minimum absolute atomic E-state index is 0.0585. The van der Waals surface area contributed by atoms with E-state index in [-0.39, 0.29) is 29.2 Å². The van der Waals surface area contributed by atoms with Crippen molar-refractivity contribution in [3.05, 3.63) is 18.2 Å². The molecule has 1 heterocycles. The summed E-state index contributed by atoms with van der Waals surface area (Å²) in [5, 5.41) is 4.85. The van der Waals surface area contributed by atoms with E-state index < -0.39 is 15.1 Å². The van der Waals surface area contributed by atoms with Crippen molar-refractivity contribution in [1.82, 2.24) is 5.32 Å². The van der Waals surface area contributed by atoms with Gasteiger partial charge in [-0.2, -0.15) is 0 Å². The van der Waals surface area contributed by atoms with Gasteiger partial charge in [-0.05, 0) is 38.0 Å². The number of nitrogens with one attached hydrogen (secondary N) is 2. The van der Waals surface area contributed by atoms with Gasteiger partial charge in [-0.1, -0.05) is 19.3 Å². The molecule has 6 nitrogen and oxygen atoms in total. The number of fused-ring (bicyclic) bond motifs is 1. The summed E-state index contributed by atoms with van der Waals surface area (Å²) in [4.78, 5) is 24.7. The summed E-state index contributed by atoms with van der Waals surface area (Å²) in [7, 11) is -3.65. The summed E-state index contributed by atoms with van der Waals surface area (Å²) >= 11 is 1.38. The fourth-order valence-electron chi connectivity index (χ4n) is 3.38. The maximum Gasteiger partial charge on any atom is 0.234 e. The van der Waals surface area contributed by atoms with Gasteiger partial charge in [-0.25, -0.2) is 8.42 Å². The van der Waals surface area contributed by atoms with E-state index >= 15 is 0 Å². The molecule has 1 atom stereocenters. The molecule has 1 saturated carbocycles. The van der Waals surface area contributed by atoms with E-state index in [0.29, 0.717) is 11.4 Å². The number of carbonyl (C=O) groups is 2. The van der Waals surface area contributed by atoms with Gasteiger partial charge in [-0.15, -0.1) is 11.8 Å². The van der Waals surface area contributed by atoms with Crippen LogP contribution in [0.4, 0.5) is 5.69 Å². The van der Waals surface area contributed by atoms with Crippen LogP contribution in [0.25, 0.3) is 0 Å². The molecule has 0 bridgehead atoms. The number of carbonyl (C=O) groups excluding carboxylic acids is 2. The van der Waals surface area contributed by atoms with E-state index in [9.17, 15) is 18.0 Å². The van der Waals surface area contributed by atoms with E-state index in [1.54, 1.807) is 19.1 Å². The Bertz CT molecular complexity index is 801. The highest BCUT2D eigenvalue weighted by atomic mass is 32.2. The molecule has 2 aliphatic rings. The predicted molar refractivity (Wildman–Crippen MR) is 102 cm³/mol. The summed E-state index contributed by atoms with van der Waals surface area (Å²) in [5.41, 5.74) is 0.520. The molecule has 2 amide bonds. The molecule has 26 heavy (non-hydrogen) atoms. The maximum atomic E-state index is 12.8. The maximum absolute atomic E-state index is 12.8. The van der Waals surface area contributed by atoms with E-state index in [2.05, 4.69) is 10.6 Å². The Hall–Kier alpha value is -1.54. The Morgan fingerprint density at radius 1 is 1.31 bits per heavy atom. The number of benzene rings is 1. The molecule has 0 spiro atoms. The van der Waals surface area contributed by atoms with Crippen LogP contribution in [0.1, 0.15) is 45.4 Å². The van der Waals surface area contributed by atoms with Crippen LogP contribution < -0.4 is 10.6 Å². The molecular formula is C18H24N2O4S2. The molecule has 8 heteroatoms. The summed E-state index contributed by atoms with van der Waals surface area (Å²) in [5.74, 6) is -0.0247. The first-order valence-corrected chi connectivity index (χ1v) is 11.5. The first-order valence-electron chi connectivity index (χ1n) is 8.96. The van der Waals surface area contributed by atoms with Crippen molar-refractivity contribution in [2.75, 3.05) is 11.1 Å². The normalized spacial score (nSPS) is 19.3. The molecule has 1 fully saturated rings. The molecular weight excluding hydrogens is 372 g/mol. The summed E-state index contributed by atoms with van der Waals surface area (Å²) in [6, 6.07) is 4.92. The van der Waals surface area contributed by atoms with E-state index in [1.807, 2.05) is 0 Å². The molecule has 1 aliphatic heterocycles. The van der Waals surface area contributed by atoms with Gasteiger partial charge >= 0.3 is 0 Å². The Labute approximate surface area is 158 Å². The Morgan fingerprint density at radius 3 is 2.77 bits per heavy atom. The molecule has 0 radical (unpaired) electrons. The van der Waals surface area contributed by atoms with Gasteiger partial charge in [0.15, 0.2) is 9.84 Å². The summed E-state index contributed by atoms with van der Waals surface area (Å²) < 4.78 is 25.7. The Morgan fingerprint density at radius 2 is 2.04 bits per heavy atom. The first kappa shape index (κ1) is 19.2. The standard InChI is InChI=1S/C18H24N2O4S2/c1-12(9-17(21)19-13-5-3-2-4-6-13)26(23,24)14-7-8-16-15(10-14)20-18(22)11-25-16/h7-8,10,12-13H,2-6,9,11H2,1H3,(H,19,21)(H,20,22). The summed E-state index contributed by atoms with van der Waals surface area (Å²) in [6.45, 7) is 1.56. The number of hydrogen-bond acceptors (Lipinski definition) is 5. The van der Waals surface area contributed by atoms with Gasteiger partial charge in [0, 0.05) is 17.4 Å². The first-order chi connectivity index (χ1) is 12.4. The van der Waals surface area contributed by atoms with E-state index in [1.165, 1.54) is 24.2 Å². The quantitative estimate of drug-likeness (QED) is 0.798. The van der Waals surface area contributed by atoms with E-state index in [0.717, 1.165) is 30.6 Å². The number of sulfone groups is 1. The van der Waals surface area contributed by atoms with Crippen LogP contribution >= 0.6 is 11.8 Å². The molecule has 1 unspecified atom stereocenters. The molecule has 3 rings (SSSR count). The SMILES string of the molecule is CC(CC(=O)NC1CCCCC1)S(=O)(=O)c1ccc2c(c1)NC(=O)CS2. The Kier molecular flexibility index (Phi) is 5.92. The van der Waals surface area contributed by atoms with Crippen LogP contribution in [0.3, 0.4) is 0 Å². The van der Waals surface area contributed by atoms with Crippen molar-refractivity contribution in [2.24, 2.45) is 0 Å². The zero-order chi connectivity index (χ0) is 18.7. The lowest BCUT2D eigenvalue weighted by atomic mass is 9.95. The van der Waals surface area contributed by atoms with Gasteiger partial charge in [0.25, 0.3) is 0 Å². The average molecular weight is 397 g/mol. The van der Waals surface area contributed by atoms with Gasteiger partial charge in [0.05, 0.1) is 21.6 Å². The predicted octanol–water partition coefficient (Wildman–Crippen LogP) is 2.73. The molecule has 1 aromatic rings. The molecule has 1 aromatic carbocycles. The van der Waals surface area contributed by atoms with Crippen LogP contribution in [-0.2, 0) is 19.4 Å². The highest BCUT2D eigenvalue weighted by molar-refractivity contribution is 8.00. The van der Waals surface area contributed by atoms with Crippen molar-refractivity contribution < 1.29 is 18.0 Å². The third-order valence-electron chi connectivity index (χ3n) is 4.89. The zero-order valence-electron chi connectivity index (χ0n) is 14.8.